The number of aliphatic hydroxyl groups is 2. The van der Waals surface area contributed by atoms with Crippen molar-refractivity contribution in [2.45, 2.75) is 81.2 Å². The first-order chi connectivity index (χ1) is 37.5. The van der Waals surface area contributed by atoms with E-state index in [4.69, 9.17) is 32.7 Å². The van der Waals surface area contributed by atoms with Gasteiger partial charge in [-0.3, -0.25) is 28.8 Å². The fraction of sp³-hybridized carbons (Fsp3) is 0.283. The van der Waals surface area contributed by atoms with Crippen molar-refractivity contribution in [2.24, 2.45) is 5.92 Å². The third-order valence-corrected chi connectivity index (χ3v) is 13.8. The van der Waals surface area contributed by atoms with Crippen molar-refractivity contribution in [1.29, 1.82) is 5.26 Å². The molecule has 0 aromatic heterocycles. The van der Waals surface area contributed by atoms with Crippen LogP contribution in [0.2, 0.25) is 10.0 Å². The standard InChI is InChI=1S/C53H50Cl2N8O16/c1-20(2)12-31(57-3)48(71)62-42-44(67)22-5-8-34(28(54)14-22)78-36-16-24-17-37(46(36)69)79-35-9-6-23(15-29(35)55)45(68)43-52(75)61-41(53(76)77)27-18-25(64)19-33(66)38(27)26-13-21(4-7-32(26)65)39(49(72)63-43)60-50(73)40(24)59-47(70)30(10-11-56)58-51(42)74/h4-9,13-20,30-31,39-45,57,64-69H,10,12H2,1-3H3,(H,58,74)(H,59,70)(H,60,73)(H,61,75)(H,62,71)(H,63,72)(H,76,77)/t30-,31+,39+,40+,41-,42+,43-,44+,45+/m0/s1. The number of phenolic OH excluding ortho intramolecular Hbond substituents is 4. The molecule has 0 saturated heterocycles. The number of carbonyl (C=O) groups excluding carboxylic acids is 6. The van der Waals surface area contributed by atoms with E-state index in [1.54, 1.807) is 6.07 Å². The number of benzene rings is 5. The van der Waals surface area contributed by atoms with Crippen LogP contribution in [0.25, 0.3) is 11.1 Å². The molecule has 79 heavy (non-hydrogen) atoms. The van der Waals surface area contributed by atoms with Crippen molar-refractivity contribution in [3.05, 3.63) is 117 Å². The van der Waals surface area contributed by atoms with E-state index in [0.717, 1.165) is 48.5 Å². The van der Waals surface area contributed by atoms with Crippen LogP contribution < -0.4 is 46.7 Å². The number of phenols is 4. The quantitative estimate of drug-likeness (QED) is 0.111. The predicted molar refractivity (Wildman–Crippen MR) is 277 cm³/mol. The number of likely N-dealkylation sites (N-methyl/N-ethyl adjacent to an activating group) is 1. The molecule has 9 atom stereocenters. The first-order valence-corrected chi connectivity index (χ1v) is 24.9. The Balaban J connectivity index is 1.35. The number of nitriles is 1. The molecule has 6 amide bonds. The Hall–Kier alpha value is -8.86. The second-order valence-electron chi connectivity index (χ2n) is 19.1. The molecule has 5 aliphatic heterocycles. The normalized spacial score (nSPS) is 22.5. The van der Waals surface area contributed by atoms with Crippen LogP contribution in [0.1, 0.15) is 84.8 Å². The molecule has 0 radical (unpaired) electrons. The van der Waals surface area contributed by atoms with E-state index in [9.17, 15) is 69.8 Å². The number of halogens is 2. The van der Waals surface area contributed by atoms with Gasteiger partial charge >= 0.3 is 5.97 Å². The molecule has 24 nitrogen and oxygen atoms in total. The number of carboxylic acid groups (broad SMARTS) is 1. The van der Waals surface area contributed by atoms with Crippen LogP contribution in [0.3, 0.4) is 0 Å². The predicted octanol–water partition coefficient (Wildman–Crippen LogP) is 3.43. The average molecular weight is 1130 g/mol. The fourth-order valence-electron chi connectivity index (χ4n) is 9.23. The lowest BCUT2D eigenvalue weighted by Gasteiger charge is -2.31. The summed E-state index contributed by atoms with van der Waals surface area (Å²) < 4.78 is 12.2. The summed E-state index contributed by atoms with van der Waals surface area (Å²) >= 11 is 13.5. The summed E-state index contributed by atoms with van der Waals surface area (Å²) in [5, 5.41) is 106. The summed E-state index contributed by atoms with van der Waals surface area (Å²) in [5.74, 6) is -13.4. The van der Waals surface area contributed by atoms with Crippen LogP contribution in [0.4, 0.5) is 0 Å². The van der Waals surface area contributed by atoms with E-state index in [2.05, 4.69) is 37.2 Å². The van der Waals surface area contributed by atoms with E-state index in [1.807, 2.05) is 13.8 Å². The van der Waals surface area contributed by atoms with Crippen molar-refractivity contribution < 1.29 is 78.8 Å². The maximum Gasteiger partial charge on any atom is 0.330 e. The number of fused-ring (bicyclic) bond motifs is 15. The molecule has 26 heteroatoms. The van der Waals surface area contributed by atoms with Crippen molar-refractivity contribution in [2.75, 3.05) is 7.05 Å². The molecule has 5 aromatic carbocycles. The summed E-state index contributed by atoms with van der Waals surface area (Å²) in [5.41, 5.74) is -2.18. The molecule has 11 bridgehead atoms. The average Bonchev–Trinajstić information content (AvgIpc) is 3.45. The van der Waals surface area contributed by atoms with E-state index < -0.39 is 154 Å². The molecular weight excluding hydrogens is 1080 g/mol. The molecule has 412 valence electrons. The number of aliphatic carboxylic acids is 1. The number of ether oxygens (including phenoxy) is 2. The molecule has 14 N–H and O–H groups in total. The SMILES string of the molecule is CN[C@H](CC(C)C)C(=O)N[C@H]1C(=O)N[C@@H](CC#N)C(=O)N[C@H]2C(=O)N[C@H]3C(=O)N[C@H](C(=O)N[C@H](C(=O)O)c4cc(O)cc(O)c4-c4cc3ccc4O)[C@H](O)c3ccc(c(Cl)c3)Oc3cc2cc(c3O)Oc2ccc(cc2Cl)[C@H]1O. The number of hydrogen-bond donors (Lipinski definition) is 14. The van der Waals surface area contributed by atoms with Gasteiger partial charge in [-0.1, -0.05) is 55.2 Å². The lowest BCUT2D eigenvalue weighted by molar-refractivity contribution is -0.143. The number of nitrogens with zero attached hydrogens (tertiary/aromatic N) is 1. The summed E-state index contributed by atoms with van der Waals surface area (Å²) in [6, 6.07) is 2.87. The highest BCUT2D eigenvalue weighted by Gasteiger charge is 2.41. The Kier molecular flexibility index (Phi) is 16.4. The van der Waals surface area contributed by atoms with E-state index in [-0.39, 0.29) is 56.1 Å². The van der Waals surface area contributed by atoms with Crippen molar-refractivity contribution >= 4 is 64.6 Å². The van der Waals surface area contributed by atoms with Gasteiger partial charge in [0.25, 0.3) is 0 Å². The molecule has 0 spiro atoms. The Morgan fingerprint density at radius 1 is 0.671 bits per heavy atom. The van der Waals surface area contributed by atoms with Crippen molar-refractivity contribution in [1.82, 2.24) is 37.2 Å². The van der Waals surface area contributed by atoms with Gasteiger partial charge in [-0.25, -0.2) is 4.79 Å². The number of hydrogen-bond acceptors (Lipinski definition) is 17. The first-order valence-electron chi connectivity index (χ1n) is 24.1. The summed E-state index contributed by atoms with van der Waals surface area (Å²) in [6.45, 7) is 3.70. The van der Waals surface area contributed by atoms with Gasteiger partial charge in [0.15, 0.2) is 17.5 Å². The molecule has 5 aliphatic rings. The topological polar surface area (TPSA) is 388 Å². The molecule has 5 aromatic rings. The Bertz CT molecular complexity index is 3370. The molecule has 0 aliphatic carbocycles. The molecule has 0 fully saturated rings. The monoisotopic (exact) mass is 1120 g/mol. The molecule has 5 heterocycles. The molecule has 0 saturated carbocycles. The second-order valence-corrected chi connectivity index (χ2v) is 19.9. The van der Waals surface area contributed by atoms with Gasteiger partial charge in [-0.05, 0) is 96.2 Å². The van der Waals surface area contributed by atoms with Crippen LogP contribution in [-0.2, 0) is 33.6 Å². The minimum absolute atomic E-state index is 0.0164. The van der Waals surface area contributed by atoms with Crippen LogP contribution in [0, 0.1) is 17.2 Å². The maximum absolute atomic E-state index is 15.3. The van der Waals surface area contributed by atoms with Gasteiger partial charge in [-0.15, -0.1) is 0 Å². The number of aliphatic hydroxyl groups excluding tert-OH is 2. The van der Waals surface area contributed by atoms with E-state index >= 15 is 4.79 Å². The number of carboxylic acids is 1. The smallest absolute Gasteiger partial charge is 0.330 e. The van der Waals surface area contributed by atoms with Gasteiger partial charge in [0, 0.05) is 22.8 Å². The highest BCUT2D eigenvalue weighted by atomic mass is 35.5. The highest BCUT2D eigenvalue weighted by molar-refractivity contribution is 6.32. The Labute approximate surface area is 458 Å². The second kappa shape index (κ2) is 23.0. The summed E-state index contributed by atoms with van der Waals surface area (Å²) in [7, 11) is 1.51. The fourth-order valence-corrected chi connectivity index (χ4v) is 9.69. The van der Waals surface area contributed by atoms with Gasteiger partial charge in [0.2, 0.25) is 41.2 Å². The van der Waals surface area contributed by atoms with E-state index in [0.29, 0.717) is 0 Å². The zero-order chi connectivity index (χ0) is 57.3. The molecule has 10 rings (SSSR count). The Morgan fingerprint density at radius 3 is 1.84 bits per heavy atom. The maximum atomic E-state index is 15.3. The molecular formula is C53H50Cl2N8O16. The van der Waals surface area contributed by atoms with Gasteiger partial charge < -0.3 is 82.4 Å². The summed E-state index contributed by atoms with van der Waals surface area (Å²) in [6.07, 6.45) is -4.51. The van der Waals surface area contributed by atoms with Crippen LogP contribution in [-0.4, -0.2) is 108 Å². The van der Waals surface area contributed by atoms with Crippen LogP contribution in [0.5, 0.6) is 46.0 Å². The van der Waals surface area contributed by atoms with Crippen LogP contribution in [0.15, 0.2) is 78.9 Å². The number of rotatable bonds is 7. The third kappa shape index (κ3) is 11.7. The number of amides is 6. The van der Waals surface area contributed by atoms with Gasteiger partial charge in [-0.2, -0.15) is 5.26 Å². The van der Waals surface area contributed by atoms with Crippen molar-refractivity contribution in [3.63, 3.8) is 0 Å². The molecule has 0 unspecified atom stereocenters. The zero-order valence-corrected chi connectivity index (χ0v) is 43.2. The lowest BCUT2D eigenvalue weighted by Crippen LogP contribution is -2.58. The van der Waals surface area contributed by atoms with Crippen molar-refractivity contribution in [3.8, 4) is 63.2 Å². The highest BCUT2D eigenvalue weighted by Crippen LogP contribution is 2.47. The largest absolute Gasteiger partial charge is 0.508 e. The minimum Gasteiger partial charge on any atom is -0.508 e. The number of carbonyl (C=O) groups is 7. The number of nitrogens with one attached hydrogen (secondary N) is 7. The van der Waals surface area contributed by atoms with Gasteiger partial charge in [0.05, 0.1) is 28.6 Å². The van der Waals surface area contributed by atoms with E-state index in [1.165, 1.54) is 37.4 Å². The van der Waals surface area contributed by atoms with Gasteiger partial charge in [0.1, 0.15) is 71.2 Å². The summed E-state index contributed by atoms with van der Waals surface area (Å²) in [4.78, 5) is 101. The minimum atomic E-state index is -2.17. The number of aromatic hydroxyl groups is 4. The first kappa shape index (κ1) is 56.3. The lowest BCUT2D eigenvalue weighted by atomic mass is 9.89. The zero-order valence-electron chi connectivity index (χ0n) is 41.7. The third-order valence-electron chi connectivity index (χ3n) is 13.2. The Morgan fingerprint density at radius 2 is 1.25 bits per heavy atom. The van der Waals surface area contributed by atoms with Crippen LogP contribution >= 0.6 is 23.2 Å².